The maximum absolute atomic E-state index is 14.4. The van der Waals surface area contributed by atoms with E-state index in [1.54, 1.807) is 77.9 Å². The van der Waals surface area contributed by atoms with Gasteiger partial charge in [0.1, 0.15) is 91.5 Å². The smallest absolute Gasteiger partial charge is 0.272 e. The van der Waals surface area contributed by atoms with Crippen LogP contribution in [0.25, 0.3) is 0 Å². The summed E-state index contributed by atoms with van der Waals surface area (Å²) < 4.78 is 125. The van der Waals surface area contributed by atoms with Gasteiger partial charge in [-0.25, -0.2) is 26.1 Å². The van der Waals surface area contributed by atoms with Gasteiger partial charge in [0.05, 0.1) is 93.7 Å². The Bertz CT molecular complexity index is 5080. The second-order valence-electron chi connectivity index (χ2n) is 28.4. The Morgan fingerprint density at radius 2 is 0.878 bits per heavy atom. The van der Waals surface area contributed by atoms with E-state index in [4.69, 9.17) is 67.3 Å². The molecule has 2 aliphatic heterocycles. The number of Topliss-reactive ketones (excluding diaryl/α,β-unsaturated/α-hetero) is 1. The first kappa shape index (κ1) is 112. The zero-order chi connectivity index (χ0) is 95.9. The fourth-order valence-electron chi connectivity index (χ4n) is 9.27. The summed E-state index contributed by atoms with van der Waals surface area (Å²) >= 11 is 0. The van der Waals surface area contributed by atoms with Gasteiger partial charge >= 0.3 is 0 Å². The van der Waals surface area contributed by atoms with Crippen molar-refractivity contribution in [3.63, 3.8) is 0 Å². The normalized spacial score (nSPS) is 14.0. The van der Waals surface area contributed by atoms with Crippen molar-refractivity contribution in [1.82, 2.24) is 15.4 Å². The quantitative estimate of drug-likeness (QED) is 0.0146. The number of carbonyl (C=O) groups is 3. The van der Waals surface area contributed by atoms with Crippen molar-refractivity contribution < 1.29 is 114 Å². The fourth-order valence-corrected chi connectivity index (χ4v) is 10.7. The molecule has 0 spiro atoms. The molecular weight excluding hydrogens is 1690 g/mol. The molecule has 688 valence electrons. The van der Waals surface area contributed by atoms with Crippen LogP contribution in [0.2, 0.25) is 0 Å². The molecule has 2 amide bonds. The van der Waals surface area contributed by atoms with Crippen molar-refractivity contribution in [2.45, 2.75) is 244 Å². The van der Waals surface area contributed by atoms with Gasteiger partial charge in [0.2, 0.25) is 0 Å². The Morgan fingerprint density at radius 1 is 0.520 bits per heavy atom. The van der Waals surface area contributed by atoms with Crippen LogP contribution in [0.4, 0.5) is 37.2 Å². The number of aliphatic hydroxyl groups excluding tert-OH is 5. The number of aliphatic hydroxyl groups is 5. The largest absolute Gasteiger partial charge is 0.491 e. The molecule has 0 unspecified atom stereocenters. The van der Waals surface area contributed by atoms with Gasteiger partial charge in [-0.15, -0.1) is 0 Å². The van der Waals surface area contributed by atoms with Crippen molar-refractivity contribution in [2.75, 3.05) is 56.6 Å². The molecule has 4 aromatic carbocycles. The Kier molecular flexibility index (Phi) is 54.0. The molecule has 0 aliphatic carbocycles. The molecule has 30 nitrogen and oxygen atoms in total. The molecule has 123 heavy (non-hydrogen) atoms. The van der Waals surface area contributed by atoms with Crippen molar-refractivity contribution in [2.24, 2.45) is 15.3 Å². The van der Waals surface area contributed by atoms with E-state index in [0.29, 0.717) is 60.0 Å². The van der Waals surface area contributed by atoms with Crippen LogP contribution in [0.3, 0.4) is 0 Å². The number of ketones is 1. The first-order valence-corrected chi connectivity index (χ1v) is 42.3. The number of hydrogen-bond donors (Lipinski definition) is 13. The van der Waals surface area contributed by atoms with Crippen LogP contribution < -0.4 is 68.6 Å². The van der Waals surface area contributed by atoms with E-state index in [2.05, 4.69) is 35.7 Å². The number of carbonyl (C=O) groups excluding carboxylic acids is 3. The maximum atomic E-state index is 14.4. The molecule has 36 heteroatoms. The predicted molar refractivity (Wildman–Crippen MR) is 483 cm³/mol. The van der Waals surface area contributed by atoms with Gasteiger partial charge in [-0.1, -0.05) is 54.2 Å². The summed E-state index contributed by atoms with van der Waals surface area (Å²) in [6, 6.07) is 19.4. The predicted octanol–water partition coefficient (Wildman–Crippen LogP) is 14.5. The third-order valence-corrected chi connectivity index (χ3v) is 19.8. The summed E-state index contributed by atoms with van der Waals surface area (Å²) in [6.45, 7) is 43.5. The Labute approximate surface area is 748 Å². The van der Waals surface area contributed by atoms with E-state index in [-0.39, 0.29) is 135 Å². The minimum absolute atomic E-state index is 0. The van der Waals surface area contributed by atoms with E-state index in [9.17, 15) is 55.0 Å². The van der Waals surface area contributed by atoms with Crippen molar-refractivity contribution in [3.05, 3.63) is 217 Å². The average Bonchev–Trinajstić information content (AvgIpc) is 1.22. The molecule has 11 rings (SSSR count). The number of nitrogens with two attached hydrogens (primary N) is 2. The number of benzene rings is 2. The molecule has 0 bridgehead atoms. The van der Waals surface area contributed by atoms with Gasteiger partial charge in [0.25, 0.3) is 33.5 Å². The van der Waals surface area contributed by atoms with Crippen LogP contribution in [0.15, 0.2) is 131 Å². The number of nitrogens with one attached hydrogen (secondary N) is 6. The molecule has 15 N–H and O–H groups in total. The summed E-state index contributed by atoms with van der Waals surface area (Å²) in [6.07, 6.45) is 2.50. The monoisotopic (exact) mass is 1820 g/mol. The van der Waals surface area contributed by atoms with E-state index >= 15 is 0 Å². The number of nitrogens with zero attached hydrogens (tertiary/aromatic N) is 1. The third kappa shape index (κ3) is 38.7. The van der Waals surface area contributed by atoms with Crippen molar-refractivity contribution >= 4 is 84.7 Å². The summed E-state index contributed by atoms with van der Waals surface area (Å²) in [7, 11) is -1.47. The van der Waals surface area contributed by atoms with E-state index in [1.165, 1.54) is 31.4 Å². The van der Waals surface area contributed by atoms with Crippen LogP contribution >= 0.6 is 0 Å². The topological polar surface area (TPSA) is 483 Å². The van der Waals surface area contributed by atoms with Gasteiger partial charge in [-0.3, -0.25) is 38.7 Å². The van der Waals surface area contributed by atoms with Crippen LogP contribution in [0.1, 0.15) is 281 Å². The number of rotatable bonds is 20. The second kappa shape index (κ2) is 59.1. The van der Waals surface area contributed by atoms with Gasteiger partial charge < -0.3 is 84.7 Å². The number of ether oxygens (including phenoxy) is 1. The minimum atomic E-state index is -1.50. The molecule has 0 fully saturated rings. The molecule has 5 aromatic heterocycles. The summed E-state index contributed by atoms with van der Waals surface area (Å²) in [4.78, 5) is 81.7. The molecular formula is C87H133F2N9O21S3Ti. The molecule has 7 heterocycles. The third-order valence-electron chi connectivity index (χ3n) is 15.6. The number of halogens is 2. The van der Waals surface area contributed by atoms with Gasteiger partial charge in [-0.05, 0) is 234 Å². The molecule has 9 aromatic rings. The van der Waals surface area contributed by atoms with Crippen LogP contribution in [-0.4, -0.2) is 116 Å². The number of anilines is 5. The van der Waals surface area contributed by atoms with E-state index in [1.807, 2.05) is 142 Å². The first-order chi connectivity index (χ1) is 57.7. The number of furan rings is 5. The number of hydrogen-bond acceptors (Lipinski definition) is 25. The Morgan fingerprint density at radius 3 is 1.20 bits per heavy atom. The molecule has 0 saturated carbocycles. The Hall–Kier alpha value is -8.82. The van der Waals surface area contributed by atoms with E-state index < -0.39 is 101 Å². The van der Waals surface area contributed by atoms with Gasteiger partial charge in [-0.2, -0.15) is 4.40 Å². The van der Waals surface area contributed by atoms with Crippen LogP contribution in [0.5, 0.6) is 5.75 Å². The molecule has 0 saturated heterocycles. The number of fused-ring (bicyclic) bond motifs is 2. The maximum Gasteiger partial charge on any atom is 0.272 e. The molecule has 0 radical (unpaired) electrons. The zero-order valence-corrected chi connectivity index (χ0v) is 78.7. The Balaban J connectivity index is -0.00000141. The number of methoxy groups -OCH3 is 1. The summed E-state index contributed by atoms with van der Waals surface area (Å²) in [5, 5.41) is 55.3. The zero-order valence-electron chi connectivity index (χ0n) is 77.7. The first-order valence-electron chi connectivity index (χ1n) is 40.3. The van der Waals surface area contributed by atoms with Crippen LogP contribution in [0, 0.1) is 46.3 Å². The van der Waals surface area contributed by atoms with Crippen molar-refractivity contribution in [3.8, 4) is 5.75 Å². The minimum Gasteiger partial charge on any atom is -0.491 e. The average molecular weight is 1830 g/mol. The van der Waals surface area contributed by atoms with Gasteiger partial charge in [0.15, 0.2) is 17.3 Å². The molecule has 2 aliphatic rings. The summed E-state index contributed by atoms with van der Waals surface area (Å²) in [5.74, 6) is 3.90. The number of aryl methyl sites for hydroxylation is 5. The van der Waals surface area contributed by atoms with Gasteiger partial charge in [0, 0.05) is 74.8 Å². The second-order valence-corrected chi connectivity index (χ2v) is 34.1. The number of amides is 2. The van der Waals surface area contributed by atoms with E-state index in [0.717, 1.165) is 48.0 Å². The standard InChI is InChI=1S/C20H18FN3O4.C13H9FN2O4.C12H21NO2S.C12H19NO2S.C8H13NO.C8H10O2.C4H11NOS.4C2H6O.CH4O.CH4.Ti/c1-3-12(13-7-4-9(2)28-13)23-16-17(19(26)18(16)25)24-15-11(21)6-5-10-8-22-20(27)14(10)15;1-20-12-9(10(17)11(12)18)16-8-6(14)3-2-5-4-15-13(19)7(5)8;2*1-6-10(11-8-7-9(2)15-11)13-16(14)12(3,4)5;2*1-3-7(9)8-5-4-6(2)10-8;1-4(2,3)7(5)6;4*1-2-3;1-2;;/h4-7,12,23-24H,3,8H2,1-2H3,(H,22,27);2-3,16H,4H2,1H3,(H,15,19);7-8,10,13H,6H2,1-5H3;7-8H,6H2,1-5H3;4-5,7H,3,9H2,1-2H3;4-5H,3H2,1-2H3;5H2,1-3H3;4*3H,2H2,1H3;2H,1H3;1H4;/t12-;;10-,16-;16-;7-;;7-;;;;;;;/m1.111.1......./s1/i12D;;10D;;7D;;;;;;;;;. The SMILES string of the molecule is C.CC(C)(C)[S@](N)=O.CCC(=N[S@](=O)C(C)(C)C)c1ccc(C)o1.CCC(=O)c1ccc(C)o1.CCO.CCO.CCO.CCO.CO.COc1c(Nc2c(F)ccc3c2C(=O)NC3)c(=O)c1=O.[2H][C@@](N)(CC)c1ccc(C)o1.[2H][C@](CC)(N[S@](=O)C(C)(C)C)c1ccc(C)o1.[2H][C@](CC)(Nc1c(Nc2c(F)ccc3c2C(=O)NC3)c(=O)c1=O)c1ccc(C)o1.[Ti]. The van der Waals surface area contributed by atoms with Crippen LogP contribution in [-0.2, 0) is 67.8 Å². The fraction of sp³-hybridized carbons (Fsp3) is 0.494. The molecule has 6 atom stereocenters. The summed E-state index contributed by atoms with van der Waals surface area (Å²) in [5.41, 5.74) is 3.84. The van der Waals surface area contributed by atoms with Crippen molar-refractivity contribution in [1.29, 1.82) is 0 Å².